The highest BCUT2D eigenvalue weighted by molar-refractivity contribution is 6.35. The monoisotopic (exact) mass is 259 g/mol. The Hall–Kier alpha value is -0.440. The summed E-state index contributed by atoms with van der Waals surface area (Å²) in [4.78, 5) is 0. The van der Waals surface area contributed by atoms with Gasteiger partial charge in [-0.05, 0) is 30.9 Å². The van der Waals surface area contributed by atoms with Gasteiger partial charge in [-0.25, -0.2) is 0 Å². The third-order valence-corrected chi connectivity index (χ3v) is 3.49. The van der Waals surface area contributed by atoms with Crippen molar-refractivity contribution in [3.05, 3.63) is 27.7 Å². The van der Waals surface area contributed by atoms with Crippen LogP contribution in [-0.4, -0.2) is 6.61 Å². The molecule has 0 bridgehead atoms. The summed E-state index contributed by atoms with van der Waals surface area (Å²) in [5, 5.41) is 1.15. The molecule has 0 amide bonds. The lowest BCUT2D eigenvalue weighted by Crippen LogP contribution is -2.20. The summed E-state index contributed by atoms with van der Waals surface area (Å²) in [6.45, 7) is 1.12. The fourth-order valence-corrected chi connectivity index (χ4v) is 2.38. The molecule has 0 saturated heterocycles. The van der Waals surface area contributed by atoms with Gasteiger partial charge in [-0.2, -0.15) is 0 Å². The van der Waals surface area contributed by atoms with E-state index in [1.54, 1.807) is 6.07 Å². The average molecular weight is 260 g/mol. The summed E-state index contributed by atoms with van der Waals surface area (Å²) >= 11 is 12.0. The van der Waals surface area contributed by atoms with Crippen LogP contribution in [0, 0.1) is 5.92 Å². The zero-order valence-electron chi connectivity index (χ0n) is 9.01. The molecule has 2 N–H and O–H groups in total. The predicted molar refractivity (Wildman–Crippen MR) is 67.2 cm³/mol. The van der Waals surface area contributed by atoms with Gasteiger partial charge >= 0.3 is 0 Å². The number of ether oxygens (including phenoxy) is 1. The highest BCUT2D eigenvalue weighted by Gasteiger charge is 2.19. The molecule has 0 radical (unpaired) electrons. The van der Waals surface area contributed by atoms with Crippen molar-refractivity contribution in [2.24, 2.45) is 11.7 Å². The molecule has 0 aromatic heterocycles. The SMILES string of the molecule is NCc1cc(Cl)cc(Cl)c1OCC1CCC1. The molecule has 1 aliphatic carbocycles. The van der Waals surface area contributed by atoms with Crippen LogP contribution in [-0.2, 0) is 6.54 Å². The molecule has 0 unspecified atom stereocenters. The molecular formula is C12H15Cl2NO. The molecule has 88 valence electrons. The van der Waals surface area contributed by atoms with Crippen LogP contribution < -0.4 is 10.5 Å². The maximum Gasteiger partial charge on any atom is 0.142 e. The van der Waals surface area contributed by atoms with Crippen LogP contribution in [0.2, 0.25) is 10.0 Å². The molecule has 0 aliphatic heterocycles. The van der Waals surface area contributed by atoms with E-state index in [1.165, 1.54) is 19.3 Å². The lowest BCUT2D eigenvalue weighted by molar-refractivity contribution is 0.179. The Balaban J connectivity index is 2.10. The molecule has 0 spiro atoms. The second-order valence-corrected chi connectivity index (χ2v) is 5.03. The first-order valence-corrected chi connectivity index (χ1v) is 6.27. The Morgan fingerprint density at radius 3 is 2.62 bits per heavy atom. The summed E-state index contributed by atoms with van der Waals surface area (Å²) in [5.74, 6) is 1.37. The van der Waals surface area contributed by atoms with E-state index in [0.29, 0.717) is 28.3 Å². The van der Waals surface area contributed by atoms with Crippen LogP contribution in [0.5, 0.6) is 5.75 Å². The van der Waals surface area contributed by atoms with Crippen molar-refractivity contribution in [2.75, 3.05) is 6.61 Å². The molecule has 16 heavy (non-hydrogen) atoms. The largest absolute Gasteiger partial charge is 0.491 e. The van der Waals surface area contributed by atoms with E-state index < -0.39 is 0 Å². The summed E-state index contributed by atoms with van der Waals surface area (Å²) in [6.07, 6.45) is 3.82. The summed E-state index contributed by atoms with van der Waals surface area (Å²) in [6, 6.07) is 3.50. The maximum absolute atomic E-state index is 6.09. The van der Waals surface area contributed by atoms with E-state index in [0.717, 1.165) is 12.2 Å². The normalized spacial score (nSPS) is 15.9. The number of halogens is 2. The van der Waals surface area contributed by atoms with Gasteiger partial charge in [-0.3, -0.25) is 0 Å². The topological polar surface area (TPSA) is 35.2 Å². The number of rotatable bonds is 4. The predicted octanol–water partition coefficient (Wildman–Crippen LogP) is 3.63. The third kappa shape index (κ3) is 2.62. The average Bonchev–Trinajstić information content (AvgIpc) is 2.17. The minimum Gasteiger partial charge on any atom is -0.491 e. The van der Waals surface area contributed by atoms with Crippen molar-refractivity contribution in [2.45, 2.75) is 25.8 Å². The van der Waals surface area contributed by atoms with Gasteiger partial charge < -0.3 is 10.5 Å². The molecule has 1 saturated carbocycles. The molecule has 2 rings (SSSR count). The highest BCUT2D eigenvalue weighted by atomic mass is 35.5. The van der Waals surface area contributed by atoms with Gasteiger partial charge in [0.25, 0.3) is 0 Å². The molecule has 1 fully saturated rings. The smallest absolute Gasteiger partial charge is 0.142 e. The van der Waals surface area contributed by atoms with Crippen molar-refractivity contribution in [3.8, 4) is 5.75 Å². The van der Waals surface area contributed by atoms with E-state index >= 15 is 0 Å². The first-order valence-electron chi connectivity index (χ1n) is 5.51. The Bertz CT molecular complexity index is 378. The summed E-state index contributed by atoms with van der Waals surface area (Å²) in [5.41, 5.74) is 6.52. The van der Waals surface area contributed by atoms with E-state index in [2.05, 4.69) is 0 Å². The number of nitrogens with two attached hydrogens (primary N) is 1. The van der Waals surface area contributed by atoms with Gasteiger partial charge in [0, 0.05) is 17.1 Å². The molecule has 0 atom stereocenters. The van der Waals surface area contributed by atoms with Gasteiger partial charge in [-0.1, -0.05) is 29.6 Å². The van der Waals surface area contributed by atoms with Crippen molar-refractivity contribution in [1.82, 2.24) is 0 Å². The Labute approximate surface area is 106 Å². The van der Waals surface area contributed by atoms with E-state index in [9.17, 15) is 0 Å². The first kappa shape index (κ1) is 12.0. The quantitative estimate of drug-likeness (QED) is 0.897. The van der Waals surface area contributed by atoms with Gasteiger partial charge in [-0.15, -0.1) is 0 Å². The Kier molecular flexibility index (Phi) is 3.95. The van der Waals surface area contributed by atoms with E-state index in [1.807, 2.05) is 6.07 Å². The standard InChI is InChI=1S/C12H15Cl2NO/c13-10-4-9(6-15)12(11(14)5-10)16-7-8-2-1-3-8/h4-5,8H,1-3,6-7,15H2. The molecule has 4 heteroatoms. The number of hydrogen-bond acceptors (Lipinski definition) is 2. The molecule has 2 nitrogen and oxygen atoms in total. The fraction of sp³-hybridized carbons (Fsp3) is 0.500. The van der Waals surface area contributed by atoms with Crippen LogP contribution in [0.3, 0.4) is 0 Å². The van der Waals surface area contributed by atoms with E-state index in [4.69, 9.17) is 33.7 Å². The minimum atomic E-state index is 0.389. The fourth-order valence-electron chi connectivity index (χ4n) is 1.79. The Morgan fingerprint density at radius 1 is 1.31 bits per heavy atom. The zero-order chi connectivity index (χ0) is 11.5. The summed E-state index contributed by atoms with van der Waals surface area (Å²) in [7, 11) is 0. The molecule has 0 heterocycles. The second-order valence-electron chi connectivity index (χ2n) is 4.19. The van der Waals surface area contributed by atoms with Crippen LogP contribution in [0.4, 0.5) is 0 Å². The van der Waals surface area contributed by atoms with Crippen LogP contribution in [0.25, 0.3) is 0 Å². The molecule has 1 aromatic carbocycles. The zero-order valence-corrected chi connectivity index (χ0v) is 10.5. The maximum atomic E-state index is 6.09. The van der Waals surface area contributed by atoms with Crippen molar-refractivity contribution >= 4 is 23.2 Å². The van der Waals surface area contributed by atoms with Gasteiger partial charge in [0.05, 0.1) is 11.6 Å². The molecule has 1 aliphatic rings. The molecule has 1 aromatic rings. The van der Waals surface area contributed by atoms with Crippen LogP contribution in [0.15, 0.2) is 12.1 Å². The lowest BCUT2D eigenvalue weighted by atomic mass is 9.86. The van der Waals surface area contributed by atoms with Gasteiger partial charge in [0.1, 0.15) is 5.75 Å². The molecular weight excluding hydrogens is 245 g/mol. The van der Waals surface area contributed by atoms with Crippen LogP contribution in [0.1, 0.15) is 24.8 Å². The van der Waals surface area contributed by atoms with Crippen molar-refractivity contribution in [3.63, 3.8) is 0 Å². The van der Waals surface area contributed by atoms with Crippen molar-refractivity contribution < 1.29 is 4.74 Å². The Morgan fingerprint density at radius 2 is 2.06 bits per heavy atom. The summed E-state index contributed by atoms with van der Waals surface area (Å²) < 4.78 is 5.75. The van der Waals surface area contributed by atoms with Gasteiger partial charge in [0.15, 0.2) is 0 Å². The van der Waals surface area contributed by atoms with E-state index in [-0.39, 0.29) is 0 Å². The lowest BCUT2D eigenvalue weighted by Gasteiger charge is -2.26. The van der Waals surface area contributed by atoms with Gasteiger partial charge in [0.2, 0.25) is 0 Å². The third-order valence-electron chi connectivity index (χ3n) is 2.99. The first-order chi connectivity index (χ1) is 7.70. The number of benzene rings is 1. The van der Waals surface area contributed by atoms with Crippen molar-refractivity contribution in [1.29, 1.82) is 0 Å². The number of hydrogen-bond donors (Lipinski definition) is 1. The second kappa shape index (κ2) is 5.26. The van der Waals surface area contributed by atoms with Crippen LogP contribution >= 0.6 is 23.2 Å². The highest BCUT2D eigenvalue weighted by Crippen LogP contribution is 2.34. The minimum absolute atomic E-state index is 0.389.